The molecule has 7 nitrogen and oxygen atoms in total. The van der Waals surface area contributed by atoms with E-state index in [4.69, 9.17) is 9.47 Å². The number of rotatable bonds is 6. The van der Waals surface area contributed by atoms with Crippen molar-refractivity contribution < 1.29 is 19.0 Å². The number of nitrogens with one attached hydrogen (secondary N) is 1. The Morgan fingerprint density at radius 2 is 1.86 bits per heavy atom. The second kappa shape index (κ2) is 9.37. The lowest BCUT2D eigenvalue weighted by molar-refractivity contribution is 0.0899. The molecule has 29 heavy (non-hydrogen) atoms. The van der Waals surface area contributed by atoms with E-state index in [-0.39, 0.29) is 12.0 Å². The number of hydrogen-bond acceptors (Lipinski definition) is 7. The zero-order valence-corrected chi connectivity index (χ0v) is 16.4. The molecule has 0 amide bonds. The van der Waals surface area contributed by atoms with Crippen LogP contribution in [0.15, 0.2) is 30.5 Å². The van der Waals surface area contributed by atoms with Crippen LogP contribution in [-0.4, -0.2) is 54.1 Å². The van der Waals surface area contributed by atoms with Gasteiger partial charge >= 0.3 is 0 Å². The molecule has 1 aliphatic carbocycles. The lowest BCUT2D eigenvalue weighted by atomic mass is 9.88. The lowest BCUT2D eigenvalue weighted by Gasteiger charge is -2.28. The maximum atomic E-state index is 14.0. The van der Waals surface area contributed by atoms with Crippen LogP contribution in [0.25, 0.3) is 0 Å². The molecule has 1 aromatic heterocycles. The predicted molar refractivity (Wildman–Crippen MR) is 108 cm³/mol. The minimum absolute atomic E-state index is 0.0430. The van der Waals surface area contributed by atoms with E-state index < -0.39 is 5.82 Å². The second-order valence-corrected chi connectivity index (χ2v) is 7.60. The maximum Gasteiger partial charge on any atom is 0.255 e. The van der Waals surface area contributed by atoms with Gasteiger partial charge in [-0.15, -0.1) is 0 Å². The third kappa shape index (κ3) is 5.33. The van der Waals surface area contributed by atoms with E-state index in [1.165, 1.54) is 0 Å². The summed E-state index contributed by atoms with van der Waals surface area (Å²) < 4.78 is 25.1. The van der Waals surface area contributed by atoms with Gasteiger partial charge in [0.15, 0.2) is 0 Å². The first kappa shape index (κ1) is 19.8. The third-order valence-corrected chi connectivity index (χ3v) is 5.48. The van der Waals surface area contributed by atoms with E-state index in [9.17, 15) is 9.50 Å². The summed E-state index contributed by atoms with van der Waals surface area (Å²) in [5.41, 5.74) is 1.96. The Kier molecular flexibility index (Phi) is 6.41. The minimum atomic E-state index is -0.575. The smallest absolute Gasteiger partial charge is 0.255 e. The van der Waals surface area contributed by atoms with Crippen LogP contribution < -0.4 is 15.0 Å². The molecule has 8 heteroatoms. The van der Waals surface area contributed by atoms with Crippen LogP contribution >= 0.6 is 0 Å². The van der Waals surface area contributed by atoms with Crippen molar-refractivity contribution in [2.45, 2.75) is 31.8 Å². The quantitative estimate of drug-likeness (QED) is 0.768. The fourth-order valence-electron chi connectivity index (χ4n) is 3.73. The fourth-order valence-corrected chi connectivity index (χ4v) is 3.73. The number of aromatic nitrogens is 2. The molecule has 4 rings (SSSR count). The monoisotopic (exact) mass is 402 g/mol. The first-order valence-corrected chi connectivity index (χ1v) is 10.2. The van der Waals surface area contributed by atoms with Crippen LogP contribution in [0, 0.1) is 11.7 Å². The zero-order valence-electron chi connectivity index (χ0n) is 16.4. The fraction of sp³-hybridized carbons (Fsp3) is 0.524. The molecule has 2 aliphatic rings. The molecule has 0 atom stereocenters. The summed E-state index contributed by atoms with van der Waals surface area (Å²) in [6.45, 7) is 3.65. The van der Waals surface area contributed by atoms with Crippen molar-refractivity contribution in [3.8, 4) is 5.88 Å². The lowest BCUT2D eigenvalue weighted by Crippen LogP contribution is -2.36. The Morgan fingerprint density at radius 1 is 1.14 bits per heavy atom. The molecule has 0 unspecified atom stereocenters. The van der Waals surface area contributed by atoms with E-state index >= 15 is 0 Å². The molecule has 1 aromatic carbocycles. The van der Waals surface area contributed by atoms with Crippen molar-refractivity contribution in [2.75, 3.05) is 43.1 Å². The Morgan fingerprint density at radius 3 is 2.59 bits per heavy atom. The summed E-state index contributed by atoms with van der Waals surface area (Å²) in [5.74, 6) is -0.0101. The summed E-state index contributed by atoms with van der Waals surface area (Å²) in [6, 6.07) is 7.97. The van der Waals surface area contributed by atoms with Crippen LogP contribution in [0.4, 0.5) is 21.7 Å². The van der Waals surface area contributed by atoms with Gasteiger partial charge in [-0.05, 0) is 55.9 Å². The maximum absolute atomic E-state index is 14.0. The Balaban J connectivity index is 1.35. The van der Waals surface area contributed by atoms with E-state index in [1.807, 2.05) is 24.3 Å². The average Bonchev–Trinajstić information content (AvgIpc) is 2.76. The molecule has 0 spiro atoms. The largest absolute Gasteiger partial charge is 0.475 e. The molecule has 0 bridgehead atoms. The molecule has 1 aliphatic heterocycles. The van der Waals surface area contributed by atoms with Crippen molar-refractivity contribution in [2.24, 2.45) is 5.92 Å². The van der Waals surface area contributed by atoms with Crippen LogP contribution in [0.1, 0.15) is 25.7 Å². The van der Waals surface area contributed by atoms with E-state index in [1.54, 1.807) is 0 Å². The van der Waals surface area contributed by atoms with Crippen LogP contribution in [0.3, 0.4) is 0 Å². The van der Waals surface area contributed by atoms with Crippen LogP contribution in [0.5, 0.6) is 5.88 Å². The number of benzene rings is 1. The Bertz CT molecular complexity index is 791. The van der Waals surface area contributed by atoms with Gasteiger partial charge in [0.1, 0.15) is 0 Å². The SMILES string of the molecule is OC1CCC(COc2nc(Nc3ccc(N4CCOCC4)cc3)ncc2F)CC1. The number of anilines is 3. The number of nitrogens with zero attached hydrogens (tertiary/aromatic N) is 3. The highest BCUT2D eigenvalue weighted by molar-refractivity contribution is 5.59. The first-order valence-electron chi connectivity index (χ1n) is 10.2. The van der Waals surface area contributed by atoms with Gasteiger partial charge in [-0.3, -0.25) is 0 Å². The molecule has 0 radical (unpaired) electrons. The topological polar surface area (TPSA) is 79.7 Å². The Hall–Kier alpha value is -2.45. The van der Waals surface area contributed by atoms with E-state index in [2.05, 4.69) is 20.2 Å². The molecular weight excluding hydrogens is 375 g/mol. The van der Waals surface area contributed by atoms with Crippen molar-refractivity contribution in [1.82, 2.24) is 9.97 Å². The number of ether oxygens (including phenoxy) is 2. The van der Waals surface area contributed by atoms with E-state index in [0.29, 0.717) is 18.5 Å². The summed E-state index contributed by atoms with van der Waals surface area (Å²) in [7, 11) is 0. The average molecular weight is 402 g/mol. The van der Waals surface area contributed by atoms with Crippen molar-refractivity contribution >= 4 is 17.3 Å². The van der Waals surface area contributed by atoms with Crippen molar-refractivity contribution in [3.63, 3.8) is 0 Å². The molecule has 1 saturated carbocycles. The number of aliphatic hydroxyl groups excluding tert-OH is 1. The molecular formula is C21H27FN4O3. The molecule has 2 N–H and O–H groups in total. The predicted octanol–water partition coefficient (Wildman–Crippen LogP) is 3.13. The number of hydrogen-bond donors (Lipinski definition) is 2. The molecule has 2 aromatic rings. The first-order chi connectivity index (χ1) is 14.2. The normalized spacial score (nSPS) is 22.3. The zero-order chi connectivity index (χ0) is 20.1. The van der Waals surface area contributed by atoms with E-state index in [0.717, 1.165) is 69.6 Å². The summed E-state index contributed by atoms with van der Waals surface area (Å²) in [4.78, 5) is 10.5. The van der Waals surface area contributed by atoms with Crippen LogP contribution in [0.2, 0.25) is 0 Å². The highest BCUT2D eigenvalue weighted by atomic mass is 19.1. The van der Waals surface area contributed by atoms with Crippen LogP contribution in [-0.2, 0) is 4.74 Å². The van der Waals surface area contributed by atoms with Gasteiger partial charge in [0.2, 0.25) is 11.8 Å². The van der Waals surface area contributed by atoms with Crippen molar-refractivity contribution in [3.05, 3.63) is 36.3 Å². The second-order valence-electron chi connectivity index (χ2n) is 7.60. The molecule has 156 valence electrons. The summed E-state index contributed by atoms with van der Waals surface area (Å²) >= 11 is 0. The number of morpholine rings is 1. The van der Waals surface area contributed by atoms with Gasteiger partial charge < -0.3 is 24.8 Å². The van der Waals surface area contributed by atoms with Gasteiger partial charge in [-0.25, -0.2) is 4.98 Å². The van der Waals surface area contributed by atoms with Gasteiger partial charge in [0.25, 0.3) is 5.88 Å². The van der Waals surface area contributed by atoms with Gasteiger partial charge in [-0.2, -0.15) is 9.37 Å². The molecule has 1 saturated heterocycles. The molecule has 2 heterocycles. The van der Waals surface area contributed by atoms with Gasteiger partial charge in [0, 0.05) is 24.5 Å². The molecule has 2 fully saturated rings. The summed E-state index contributed by atoms with van der Waals surface area (Å²) in [6.07, 6.45) is 4.22. The number of halogens is 1. The minimum Gasteiger partial charge on any atom is -0.475 e. The highest BCUT2D eigenvalue weighted by Gasteiger charge is 2.21. The number of aliphatic hydroxyl groups is 1. The summed E-state index contributed by atoms with van der Waals surface area (Å²) in [5, 5.41) is 12.7. The van der Waals surface area contributed by atoms with Gasteiger partial charge in [0.05, 0.1) is 32.1 Å². The van der Waals surface area contributed by atoms with Gasteiger partial charge in [-0.1, -0.05) is 0 Å². The Labute approximate surface area is 169 Å². The standard InChI is InChI=1S/C21H27FN4O3/c22-19-13-23-21(25-20(19)29-14-15-1-7-18(27)8-2-15)24-16-3-5-17(6-4-16)26-9-11-28-12-10-26/h3-6,13,15,18,27H,1-2,7-12,14H2,(H,23,24,25). The third-order valence-electron chi connectivity index (χ3n) is 5.48. The van der Waals surface area contributed by atoms with Crippen molar-refractivity contribution in [1.29, 1.82) is 0 Å². The highest BCUT2D eigenvalue weighted by Crippen LogP contribution is 2.26.